The first-order valence-electron chi connectivity index (χ1n) is 16.8. The fourth-order valence-electron chi connectivity index (χ4n) is 6.56. The Balaban J connectivity index is 1.12. The zero-order valence-corrected chi connectivity index (χ0v) is 34.9. The fourth-order valence-corrected chi connectivity index (χ4v) is 10.7. The minimum atomic E-state index is -6.09. The molecule has 2 saturated heterocycles. The van der Waals surface area contributed by atoms with Crippen LogP contribution in [0.25, 0.3) is 22.3 Å². The number of hydrogen-bond donors (Lipinski definition) is 10. The van der Waals surface area contributed by atoms with Gasteiger partial charge < -0.3 is 55.5 Å². The molecule has 0 saturated carbocycles. The number of hydrogen-bond acceptors (Lipinski definition) is 21. The topological polar surface area (TPSA) is 434 Å². The second-order valence-electron chi connectivity index (χ2n) is 13.1. The Kier molecular flexibility index (Phi) is 13.1. The van der Waals surface area contributed by atoms with Crippen molar-refractivity contribution in [2.24, 2.45) is 20.0 Å². The molecule has 7 unspecified atom stereocenters. The Morgan fingerprint density at radius 3 is 1.65 bits per heavy atom. The van der Waals surface area contributed by atoms with Gasteiger partial charge in [-0.2, -0.15) is 8.62 Å². The average Bonchev–Trinajstić information content (AvgIpc) is 3.82. The lowest BCUT2D eigenvalue weighted by molar-refractivity contribution is -0.746. The number of rotatable bonds is 17. The second kappa shape index (κ2) is 17.1. The van der Waals surface area contributed by atoms with Crippen molar-refractivity contribution in [3.63, 3.8) is 0 Å². The van der Waals surface area contributed by atoms with Crippen LogP contribution in [-0.4, -0.2) is 123 Å². The number of phosphoric acid groups is 4. The van der Waals surface area contributed by atoms with Crippen LogP contribution in [0, 0.1) is 5.92 Å². The Morgan fingerprint density at radius 2 is 1.18 bits per heavy atom. The predicted octanol–water partition coefficient (Wildman–Crippen LogP) is -3.44. The van der Waals surface area contributed by atoms with Gasteiger partial charge in [-0.15, -0.1) is 0 Å². The van der Waals surface area contributed by atoms with Gasteiger partial charge in [0.2, 0.25) is 23.5 Å². The third-order valence-corrected chi connectivity index (χ3v) is 14.2. The number of methoxy groups -OCH3 is 1. The highest BCUT2D eigenvalue weighted by Crippen LogP contribution is 2.68. The molecule has 0 radical (unpaired) electrons. The van der Waals surface area contributed by atoms with Crippen molar-refractivity contribution in [1.29, 1.82) is 0 Å². The minimum absolute atomic E-state index is 0.00274. The lowest BCUT2D eigenvalue weighted by atomic mass is 9.99. The summed E-state index contributed by atoms with van der Waals surface area (Å²) in [6, 6.07) is 0. The van der Waals surface area contributed by atoms with Crippen LogP contribution in [0.2, 0.25) is 0 Å². The summed E-state index contributed by atoms with van der Waals surface area (Å²) in [5, 5.41) is 22.3. The van der Waals surface area contributed by atoms with Gasteiger partial charge in [-0.05, 0) is 0 Å². The molecule has 35 heteroatoms. The zero-order valence-electron chi connectivity index (χ0n) is 31.3. The lowest BCUT2D eigenvalue weighted by Crippen LogP contribution is -2.46. The lowest BCUT2D eigenvalue weighted by Gasteiger charge is -2.23. The van der Waals surface area contributed by atoms with Crippen LogP contribution in [0.15, 0.2) is 22.2 Å². The molecule has 0 amide bonds. The molecule has 0 aliphatic carbocycles. The van der Waals surface area contributed by atoms with Crippen LogP contribution >= 0.6 is 31.3 Å². The summed E-state index contributed by atoms with van der Waals surface area (Å²) in [5.74, 6) is -1.60. The SMILES string of the molecule is COCC1C(O)[C@H]([n+]2cn(C)c3c(=O)[nH]c(N)nc32)O[C@@H]1COP(=O)(O)OP(=O)(O)OP(=O)(O)OC[C@H]1O[C@@H]([n+]2cn(C)c3c(=O)[nH]c(N)nc32)[C@@H](O)C1OP(=O)(O)OC. The quantitative estimate of drug-likeness (QED) is 0.0363. The molecule has 334 valence electrons. The number of imidazole rings is 2. The highest BCUT2D eigenvalue weighted by molar-refractivity contribution is 7.66. The van der Waals surface area contributed by atoms with Crippen molar-refractivity contribution in [2.45, 2.75) is 43.0 Å². The number of aliphatic hydroxyl groups is 2. The van der Waals surface area contributed by atoms with E-state index >= 15 is 0 Å². The standard InChI is InChI=1S/C25H38N10O21P4/c1-32-8-34(18-13(32)20(38)30-24(26)28-18)22-15(36)10(5-48-3)11(52-22)6-50-58(42,43)55-60(46,47)56-59(44,45)51-7-12-17(54-57(40,41)49-4)16(37)23(53-12)35-9-33(2)14-19(35)29-25(27)31-21(14)39/h8-12,15-17,22-23,36-37H,5-7H2,1-4H3,(H8-2,26,27,28,29,30,31,38,39,40,41,42,43,44,45,46,47)/p+2/t10?,11-,12-,15?,16+,17?,22-,23-/m1/s1. The monoisotopic (exact) mass is 940 g/mol. The maximum Gasteiger partial charge on any atom is 0.490 e. The molecule has 6 rings (SSSR count). The molecule has 2 fully saturated rings. The van der Waals surface area contributed by atoms with E-state index in [4.69, 9.17) is 39.2 Å². The van der Waals surface area contributed by atoms with Crippen LogP contribution in [0.3, 0.4) is 0 Å². The molecule has 31 nitrogen and oxygen atoms in total. The number of H-pyrrole nitrogens is 2. The smallest absolute Gasteiger partial charge is 0.386 e. The van der Waals surface area contributed by atoms with Gasteiger partial charge in [-0.1, -0.05) is 9.97 Å². The first-order chi connectivity index (χ1) is 27.9. The van der Waals surface area contributed by atoms with E-state index in [9.17, 15) is 57.6 Å². The molecule has 0 aromatic carbocycles. The highest BCUT2D eigenvalue weighted by atomic mass is 31.3. The van der Waals surface area contributed by atoms with Crippen molar-refractivity contribution in [1.82, 2.24) is 29.1 Å². The average molecular weight is 941 g/mol. The number of anilines is 2. The third kappa shape index (κ3) is 9.64. The van der Waals surface area contributed by atoms with Crippen molar-refractivity contribution in [2.75, 3.05) is 45.5 Å². The van der Waals surface area contributed by atoms with Gasteiger partial charge in [-0.3, -0.25) is 46.8 Å². The highest BCUT2D eigenvalue weighted by Gasteiger charge is 2.53. The van der Waals surface area contributed by atoms with E-state index in [-0.39, 0.29) is 40.8 Å². The number of nitrogens with one attached hydrogen (secondary N) is 2. The minimum Gasteiger partial charge on any atom is -0.386 e. The summed E-state index contributed by atoms with van der Waals surface area (Å²) in [5.41, 5.74) is 9.89. The Bertz CT molecular complexity index is 2580. The molecule has 0 spiro atoms. The molecule has 0 bridgehead atoms. The largest absolute Gasteiger partial charge is 0.490 e. The molecular formula is C25H40N10O21P4+2. The number of nitrogen functional groups attached to an aromatic ring is 2. The summed E-state index contributed by atoms with van der Waals surface area (Å²) >= 11 is 0. The van der Waals surface area contributed by atoms with E-state index < -0.39 is 105 Å². The fraction of sp³-hybridized carbons (Fsp3) is 0.600. The number of nitrogens with two attached hydrogens (primary N) is 2. The van der Waals surface area contributed by atoms with Crippen LogP contribution in [0.1, 0.15) is 12.5 Å². The van der Waals surface area contributed by atoms with Gasteiger partial charge in [0.25, 0.3) is 23.0 Å². The van der Waals surface area contributed by atoms with Gasteiger partial charge in [0.15, 0.2) is 12.7 Å². The summed E-state index contributed by atoms with van der Waals surface area (Å²) in [4.78, 5) is 78.6. The number of aliphatic hydroxyl groups excluding tert-OH is 2. The van der Waals surface area contributed by atoms with Gasteiger partial charge in [0.1, 0.15) is 24.4 Å². The summed E-state index contributed by atoms with van der Waals surface area (Å²) in [6.07, 6.45) is -8.76. The van der Waals surface area contributed by atoms with Gasteiger partial charge >= 0.3 is 42.6 Å². The maximum absolute atomic E-state index is 12.9. The number of nitrogens with zero attached hydrogens (tertiary/aromatic N) is 6. The number of aromatic amines is 2. The Morgan fingerprint density at radius 1 is 0.733 bits per heavy atom. The van der Waals surface area contributed by atoms with Crippen molar-refractivity contribution in [3.05, 3.63) is 33.4 Å². The second-order valence-corrected chi connectivity index (χ2v) is 19.3. The summed E-state index contributed by atoms with van der Waals surface area (Å²) in [7, 11) is -17.6. The Labute approximate surface area is 334 Å². The number of phosphoric ester groups is 3. The van der Waals surface area contributed by atoms with Gasteiger partial charge in [-0.25, -0.2) is 27.4 Å². The molecule has 12 atom stereocenters. The molecule has 4 aromatic heterocycles. The van der Waals surface area contributed by atoms with E-state index in [0.717, 1.165) is 11.7 Å². The number of aromatic nitrogens is 8. The third-order valence-electron chi connectivity index (χ3n) is 9.02. The molecule has 60 heavy (non-hydrogen) atoms. The molecule has 2 aliphatic heterocycles. The molecular weight excluding hydrogens is 900 g/mol. The summed E-state index contributed by atoms with van der Waals surface area (Å²) in [6.45, 7) is -2.38. The van der Waals surface area contributed by atoms with Crippen LogP contribution in [0.4, 0.5) is 11.9 Å². The van der Waals surface area contributed by atoms with Crippen molar-refractivity contribution in [3.8, 4) is 0 Å². The van der Waals surface area contributed by atoms with Crippen molar-refractivity contribution < 1.29 is 98.1 Å². The molecule has 6 heterocycles. The predicted molar refractivity (Wildman–Crippen MR) is 192 cm³/mol. The summed E-state index contributed by atoms with van der Waals surface area (Å²) < 4.78 is 99.8. The van der Waals surface area contributed by atoms with E-state index in [1.807, 2.05) is 0 Å². The zero-order chi connectivity index (χ0) is 44.3. The van der Waals surface area contributed by atoms with E-state index in [2.05, 4.69) is 33.1 Å². The van der Waals surface area contributed by atoms with Crippen LogP contribution in [-0.2, 0) is 73.3 Å². The number of aryl methyl sites for hydroxylation is 2. The first-order valence-corrected chi connectivity index (χ1v) is 22.8. The van der Waals surface area contributed by atoms with Crippen LogP contribution < -0.4 is 31.7 Å². The van der Waals surface area contributed by atoms with E-state index in [1.165, 1.54) is 47.6 Å². The van der Waals surface area contributed by atoms with Gasteiger partial charge in [0, 0.05) is 20.1 Å². The number of fused-ring (bicyclic) bond motifs is 2. The van der Waals surface area contributed by atoms with E-state index in [0.29, 0.717) is 0 Å². The van der Waals surface area contributed by atoms with Crippen molar-refractivity contribution >= 4 is 65.5 Å². The van der Waals surface area contributed by atoms with E-state index in [1.54, 1.807) is 0 Å². The number of ether oxygens (including phenoxy) is 3. The first kappa shape index (κ1) is 46.1. The maximum atomic E-state index is 12.9. The normalized spacial score (nSPS) is 28.8. The molecule has 12 N–H and O–H groups in total. The Hall–Kier alpha value is -3.38. The van der Waals surface area contributed by atoms with Gasteiger partial charge in [0.05, 0.1) is 40.0 Å². The molecule has 2 aliphatic rings. The van der Waals surface area contributed by atoms with Crippen LogP contribution in [0.5, 0.6) is 0 Å². The molecule has 4 aromatic rings.